The van der Waals surface area contributed by atoms with E-state index in [1.165, 1.54) is 4.68 Å². The predicted molar refractivity (Wildman–Crippen MR) is 115 cm³/mol. The topological polar surface area (TPSA) is 81.1 Å². The maximum atomic E-state index is 12.6. The van der Waals surface area contributed by atoms with Crippen LogP contribution in [0.25, 0.3) is 5.69 Å². The summed E-state index contributed by atoms with van der Waals surface area (Å²) >= 11 is 6.40. The Morgan fingerprint density at radius 2 is 1.76 bits per heavy atom. The lowest BCUT2D eigenvalue weighted by molar-refractivity contribution is -0.113. The van der Waals surface area contributed by atoms with Crippen LogP contribution in [0.1, 0.15) is 22.4 Å². The molecule has 8 heteroatoms. The molecule has 0 spiro atoms. The molecule has 1 amide bonds. The molecule has 0 unspecified atom stereocenters. The van der Waals surface area contributed by atoms with Gasteiger partial charge in [0.25, 0.3) is 0 Å². The third-order valence-electron chi connectivity index (χ3n) is 4.63. The summed E-state index contributed by atoms with van der Waals surface area (Å²) in [5.74, 6) is -1.57. The van der Waals surface area contributed by atoms with E-state index in [-0.39, 0.29) is 10.9 Å². The van der Waals surface area contributed by atoms with Gasteiger partial charge in [-0.2, -0.15) is 5.10 Å². The molecule has 0 atom stereocenters. The largest absolute Gasteiger partial charge is 0.325 e. The van der Waals surface area contributed by atoms with Crippen molar-refractivity contribution in [3.63, 3.8) is 0 Å². The van der Waals surface area contributed by atoms with E-state index in [1.54, 1.807) is 13.0 Å². The molecule has 0 saturated heterocycles. The normalized spacial score (nSPS) is 11.4. The van der Waals surface area contributed by atoms with Crippen molar-refractivity contribution in [2.24, 2.45) is 0 Å². The van der Waals surface area contributed by atoms with Crippen molar-refractivity contribution < 1.29 is 13.2 Å². The summed E-state index contributed by atoms with van der Waals surface area (Å²) in [5.41, 5.74) is 4.32. The van der Waals surface area contributed by atoms with E-state index in [0.29, 0.717) is 16.9 Å². The number of hydrogen-bond donors (Lipinski definition) is 1. The first-order valence-corrected chi connectivity index (χ1v) is 11.2. The molecule has 3 aromatic rings. The molecule has 0 saturated carbocycles. The molecule has 1 heterocycles. The van der Waals surface area contributed by atoms with Crippen molar-refractivity contribution in [3.05, 3.63) is 76.1 Å². The van der Waals surface area contributed by atoms with Gasteiger partial charge in [0.15, 0.2) is 9.84 Å². The number of nitrogens with zero attached hydrogens (tertiary/aromatic N) is 2. The van der Waals surface area contributed by atoms with E-state index in [9.17, 15) is 13.2 Å². The fourth-order valence-corrected chi connectivity index (χ4v) is 4.70. The third-order valence-corrected chi connectivity index (χ3v) is 6.45. The number of halogens is 1. The lowest BCUT2D eigenvalue weighted by Crippen LogP contribution is -2.24. The lowest BCUT2D eigenvalue weighted by Gasteiger charge is -2.09. The number of carbonyl (C=O) groups excluding carboxylic acids is 1. The van der Waals surface area contributed by atoms with Gasteiger partial charge in [-0.25, -0.2) is 13.1 Å². The second kappa shape index (κ2) is 8.39. The van der Waals surface area contributed by atoms with Crippen LogP contribution in [0.4, 0.5) is 5.69 Å². The standard InChI is InChI=1S/C21H22ClN3O3S/c1-14-9-10-17(11-15(14)2)23-20(26)13-29(27,28)12-19-16(3)24-25(21(19)22)18-7-5-4-6-8-18/h4-11H,12-13H2,1-3H3,(H,23,26). The number of aromatic nitrogens is 2. The number of anilines is 1. The number of benzene rings is 2. The molecule has 0 bridgehead atoms. The Bertz CT molecular complexity index is 1160. The first kappa shape index (κ1) is 21.1. The van der Waals surface area contributed by atoms with Gasteiger partial charge in [0.2, 0.25) is 5.91 Å². The zero-order chi connectivity index (χ0) is 21.2. The average molecular weight is 432 g/mol. The highest BCUT2D eigenvalue weighted by Gasteiger charge is 2.23. The van der Waals surface area contributed by atoms with Crippen molar-refractivity contribution in [2.45, 2.75) is 26.5 Å². The number of amides is 1. The van der Waals surface area contributed by atoms with E-state index >= 15 is 0 Å². The number of aryl methyl sites for hydroxylation is 3. The average Bonchev–Trinajstić information content (AvgIpc) is 2.93. The zero-order valence-corrected chi connectivity index (χ0v) is 18.0. The summed E-state index contributed by atoms with van der Waals surface area (Å²) < 4.78 is 26.7. The van der Waals surface area contributed by atoms with Crippen LogP contribution in [0.5, 0.6) is 0 Å². The van der Waals surface area contributed by atoms with Crippen molar-refractivity contribution >= 4 is 33.0 Å². The molecule has 1 N–H and O–H groups in total. The zero-order valence-electron chi connectivity index (χ0n) is 16.4. The summed E-state index contributed by atoms with van der Waals surface area (Å²) in [5, 5.41) is 7.22. The number of rotatable bonds is 6. The fourth-order valence-electron chi connectivity index (χ4n) is 2.92. The summed E-state index contributed by atoms with van der Waals surface area (Å²) in [7, 11) is -3.74. The Morgan fingerprint density at radius 3 is 2.41 bits per heavy atom. The minimum absolute atomic E-state index is 0.229. The van der Waals surface area contributed by atoms with Gasteiger partial charge in [-0.05, 0) is 56.2 Å². The molecule has 1 aromatic heterocycles. The van der Waals surface area contributed by atoms with Crippen molar-refractivity contribution in [2.75, 3.05) is 11.1 Å². The fraction of sp³-hybridized carbons (Fsp3) is 0.238. The monoisotopic (exact) mass is 431 g/mol. The third kappa shape index (κ3) is 5.05. The molecule has 3 rings (SSSR count). The van der Waals surface area contributed by atoms with Gasteiger partial charge in [-0.1, -0.05) is 35.9 Å². The number of para-hydroxylation sites is 1. The molecule has 0 radical (unpaired) electrons. The number of nitrogens with one attached hydrogen (secondary N) is 1. The Kier molecular flexibility index (Phi) is 6.10. The summed E-state index contributed by atoms with van der Waals surface area (Å²) in [4.78, 5) is 12.3. The minimum Gasteiger partial charge on any atom is -0.325 e. The molecular formula is C21H22ClN3O3S. The maximum absolute atomic E-state index is 12.6. The first-order chi connectivity index (χ1) is 13.7. The van der Waals surface area contributed by atoms with Crippen LogP contribution < -0.4 is 5.32 Å². The van der Waals surface area contributed by atoms with Crippen molar-refractivity contribution in [1.29, 1.82) is 0 Å². The van der Waals surface area contributed by atoms with Crippen LogP contribution in [0, 0.1) is 20.8 Å². The second-order valence-electron chi connectivity index (χ2n) is 6.98. The van der Waals surface area contributed by atoms with Gasteiger partial charge < -0.3 is 5.32 Å². The number of sulfone groups is 1. The molecule has 0 aliphatic carbocycles. The van der Waals surface area contributed by atoms with Crippen LogP contribution >= 0.6 is 11.6 Å². The molecule has 0 aliphatic rings. The van der Waals surface area contributed by atoms with Crippen LogP contribution in [0.2, 0.25) is 5.15 Å². The highest BCUT2D eigenvalue weighted by Crippen LogP contribution is 2.25. The Balaban J connectivity index is 1.75. The van der Waals surface area contributed by atoms with Crippen molar-refractivity contribution in [1.82, 2.24) is 9.78 Å². The summed E-state index contributed by atoms with van der Waals surface area (Å²) in [6, 6.07) is 14.6. The predicted octanol–water partition coefficient (Wildman–Crippen LogP) is 4.00. The smallest absolute Gasteiger partial charge is 0.239 e. The van der Waals surface area contributed by atoms with E-state index in [1.807, 2.05) is 56.3 Å². The Hall–Kier alpha value is -2.64. The second-order valence-corrected chi connectivity index (χ2v) is 9.40. The summed E-state index contributed by atoms with van der Waals surface area (Å²) in [6.07, 6.45) is 0. The Morgan fingerprint density at radius 1 is 1.07 bits per heavy atom. The van der Waals surface area contributed by atoms with Gasteiger partial charge >= 0.3 is 0 Å². The van der Waals surface area contributed by atoms with E-state index in [0.717, 1.165) is 16.8 Å². The highest BCUT2D eigenvalue weighted by molar-refractivity contribution is 7.91. The van der Waals surface area contributed by atoms with E-state index < -0.39 is 21.5 Å². The first-order valence-electron chi connectivity index (χ1n) is 9.03. The molecule has 2 aromatic carbocycles. The molecule has 0 fully saturated rings. The number of hydrogen-bond acceptors (Lipinski definition) is 4. The van der Waals surface area contributed by atoms with Crippen LogP contribution in [-0.2, 0) is 20.4 Å². The molecule has 6 nitrogen and oxygen atoms in total. The Labute approximate surface area is 175 Å². The van der Waals surface area contributed by atoms with Gasteiger partial charge in [-0.3, -0.25) is 4.79 Å². The number of carbonyl (C=O) groups is 1. The van der Waals surface area contributed by atoms with Gasteiger partial charge in [0.1, 0.15) is 10.9 Å². The maximum Gasteiger partial charge on any atom is 0.239 e. The van der Waals surface area contributed by atoms with E-state index in [4.69, 9.17) is 11.6 Å². The van der Waals surface area contributed by atoms with Crippen LogP contribution in [0.15, 0.2) is 48.5 Å². The quantitative estimate of drug-likeness (QED) is 0.639. The summed E-state index contributed by atoms with van der Waals surface area (Å²) in [6.45, 7) is 5.59. The minimum atomic E-state index is -3.74. The molecular weight excluding hydrogens is 410 g/mol. The van der Waals surface area contributed by atoms with Gasteiger partial charge in [0, 0.05) is 11.3 Å². The van der Waals surface area contributed by atoms with E-state index in [2.05, 4.69) is 10.4 Å². The van der Waals surface area contributed by atoms with Crippen molar-refractivity contribution in [3.8, 4) is 5.69 Å². The molecule has 0 aliphatic heterocycles. The van der Waals surface area contributed by atoms with Gasteiger partial charge in [-0.15, -0.1) is 0 Å². The molecule has 152 valence electrons. The van der Waals surface area contributed by atoms with Gasteiger partial charge in [0.05, 0.1) is 17.1 Å². The van der Waals surface area contributed by atoms with Crippen LogP contribution in [0.3, 0.4) is 0 Å². The SMILES string of the molecule is Cc1ccc(NC(=O)CS(=O)(=O)Cc2c(C)nn(-c3ccccc3)c2Cl)cc1C. The van der Waals surface area contributed by atoms with Crippen LogP contribution in [-0.4, -0.2) is 29.9 Å². The molecule has 29 heavy (non-hydrogen) atoms. The lowest BCUT2D eigenvalue weighted by atomic mass is 10.1. The highest BCUT2D eigenvalue weighted by atomic mass is 35.5.